The van der Waals surface area contributed by atoms with Crippen LogP contribution in [0.15, 0.2) is 221 Å². The minimum atomic E-state index is 0.645. The number of rotatable bonds is 6. The zero-order valence-corrected chi connectivity index (χ0v) is 34.4. The van der Waals surface area contributed by atoms with E-state index in [2.05, 4.69) is 193 Å². The maximum atomic E-state index is 6.56. The molecule has 298 valence electrons. The molecule has 0 spiro atoms. The topological polar surface area (TPSA) is 65.0 Å². The van der Waals surface area contributed by atoms with Gasteiger partial charge in [0.25, 0.3) is 0 Å². The largest absolute Gasteiger partial charge is 0.455 e. The summed E-state index contributed by atoms with van der Waals surface area (Å²) in [5, 5.41) is 8.88. The van der Waals surface area contributed by atoms with Gasteiger partial charge in [-0.25, -0.2) is 9.97 Å². The Morgan fingerprint density at radius 3 is 1.44 bits per heavy atom. The third-order valence-electron chi connectivity index (χ3n) is 12.5. The molecular formula is C59H35N3O2. The predicted octanol–water partition coefficient (Wildman–Crippen LogP) is 16.0. The Morgan fingerprint density at radius 1 is 0.297 bits per heavy atom. The first kappa shape index (κ1) is 36.0. The van der Waals surface area contributed by atoms with Gasteiger partial charge >= 0.3 is 0 Å². The highest BCUT2D eigenvalue weighted by atomic mass is 16.3. The summed E-state index contributed by atoms with van der Waals surface area (Å²) in [5.41, 5.74) is 14.5. The van der Waals surface area contributed by atoms with Crippen LogP contribution >= 0.6 is 0 Å². The molecule has 0 aliphatic heterocycles. The minimum absolute atomic E-state index is 0.645. The van der Waals surface area contributed by atoms with Gasteiger partial charge in [-0.1, -0.05) is 127 Å². The Labute approximate surface area is 367 Å². The molecule has 0 fully saturated rings. The Bertz CT molecular complexity index is 3790. The molecule has 13 aromatic rings. The number of benzene rings is 9. The van der Waals surface area contributed by atoms with E-state index in [9.17, 15) is 0 Å². The molecule has 0 aliphatic carbocycles. The quantitative estimate of drug-likeness (QED) is 0.167. The summed E-state index contributed by atoms with van der Waals surface area (Å²) in [6, 6.07) is 70.3. The van der Waals surface area contributed by atoms with Crippen molar-refractivity contribution in [3.8, 4) is 67.3 Å². The first-order valence-corrected chi connectivity index (χ1v) is 21.5. The molecule has 0 atom stereocenters. The Kier molecular flexibility index (Phi) is 8.15. The van der Waals surface area contributed by atoms with E-state index < -0.39 is 0 Å². The van der Waals surface area contributed by atoms with E-state index >= 15 is 0 Å². The molecule has 5 nitrogen and oxygen atoms in total. The maximum Gasteiger partial charge on any atom is 0.160 e. The van der Waals surface area contributed by atoms with Gasteiger partial charge in [0.2, 0.25) is 0 Å². The van der Waals surface area contributed by atoms with Gasteiger partial charge in [-0.15, -0.1) is 0 Å². The smallest absolute Gasteiger partial charge is 0.160 e. The van der Waals surface area contributed by atoms with Crippen molar-refractivity contribution in [2.45, 2.75) is 0 Å². The molecule has 4 aromatic heterocycles. The Hall–Kier alpha value is -8.67. The van der Waals surface area contributed by atoms with Crippen molar-refractivity contribution < 1.29 is 8.83 Å². The highest BCUT2D eigenvalue weighted by Gasteiger charge is 2.18. The molecule has 0 saturated carbocycles. The zero-order valence-electron chi connectivity index (χ0n) is 34.4. The van der Waals surface area contributed by atoms with Crippen LogP contribution in [0.2, 0.25) is 0 Å². The Morgan fingerprint density at radius 2 is 0.812 bits per heavy atom. The fourth-order valence-electron chi connectivity index (χ4n) is 9.33. The molecule has 0 bridgehead atoms. The number of fused-ring (bicyclic) bond motifs is 10. The molecule has 0 amide bonds. The van der Waals surface area contributed by atoms with Gasteiger partial charge in [0, 0.05) is 67.0 Å². The molecule has 4 heterocycles. The lowest BCUT2D eigenvalue weighted by molar-refractivity contribution is 0.672. The van der Waals surface area contributed by atoms with Gasteiger partial charge in [0.15, 0.2) is 5.82 Å². The van der Waals surface area contributed by atoms with Gasteiger partial charge < -0.3 is 8.83 Å². The summed E-state index contributed by atoms with van der Waals surface area (Å²) >= 11 is 0. The number of hydrogen-bond acceptors (Lipinski definition) is 5. The van der Waals surface area contributed by atoms with E-state index in [0.29, 0.717) is 5.82 Å². The monoisotopic (exact) mass is 817 g/mol. The van der Waals surface area contributed by atoms with Gasteiger partial charge in [-0.3, -0.25) is 4.98 Å². The fraction of sp³-hybridized carbons (Fsp3) is 0. The normalized spacial score (nSPS) is 11.8. The van der Waals surface area contributed by atoms with E-state index in [0.717, 1.165) is 127 Å². The summed E-state index contributed by atoms with van der Waals surface area (Å²) in [4.78, 5) is 15.0. The minimum Gasteiger partial charge on any atom is -0.455 e. The maximum absolute atomic E-state index is 6.56. The summed E-state index contributed by atoms with van der Waals surface area (Å²) in [5.74, 6) is 0.645. The highest BCUT2D eigenvalue weighted by Crippen LogP contribution is 2.41. The lowest BCUT2D eigenvalue weighted by Crippen LogP contribution is -1.97. The fourth-order valence-corrected chi connectivity index (χ4v) is 9.33. The van der Waals surface area contributed by atoms with Crippen LogP contribution in [0.4, 0.5) is 0 Å². The third kappa shape index (κ3) is 6.05. The standard InChI is InChI=1S/C59H35N3O2/c1-2-12-38(13-3-1)53-34-54(62-59(61-53)42-15-8-14-39(28-42)43-16-9-27-60-35-43)46-30-44(40-21-25-55-51(32-40)49-23-19-36-10-4-6-17-47(36)57(49)63-55)29-45(31-46)41-22-26-56-52(33-41)50-24-20-37-11-5-7-18-48(37)58(50)64-56/h1-35H. The van der Waals surface area contributed by atoms with Gasteiger partial charge in [0.05, 0.1) is 11.4 Å². The van der Waals surface area contributed by atoms with Crippen LogP contribution < -0.4 is 0 Å². The average Bonchev–Trinajstić information content (AvgIpc) is 3.95. The van der Waals surface area contributed by atoms with Crippen LogP contribution in [0.25, 0.3) is 133 Å². The van der Waals surface area contributed by atoms with E-state index in [1.807, 2.05) is 18.3 Å². The second kappa shape index (κ2) is 14.5. The van der Waals surface area contributed by atoms with Crippen LogP contribution in [0.1, 0.15) is 0 Å². The summed E-state index contributed by atoms with van der Waals surface area (Å²) in [7, 11) is 0. The number of hydrogen-bond donors (Lipinski definition) is 0. The molecule has 0 aliphatic rings. The van der Waals surface area contributed by atoms with Crippen LogP contribution in [-0.4, -0.2) is 15.0 Å². The van der Waals surface area contributed by atoms with Crippen molar-refractivity contribution in [3.05, 3.63) is 213 Å². The van der Waals surface area contributed by atoms with Gasteiger partial charge in [-0.05, 0) is 111 Å². The van der Waals surface area contributed by atoms with E-state index in [1.54, 1.807) is 6.20 Å². The SMILES string of the molecule is c1ccc(-c2cc(-c3cc(-c4ccc5oc6c7ccccc7ccc6c5c4)cc(-c4ccc5oc6c7ccccc7ccc6c5c4)c3)nc(-c3cccc(-c4cccnc4)c3)n2)cc1. The lowest BCUT2D eigenvalue weighted by atomic mass is 9.93. The highest BCUT2D eigenvalue weighted by molar-refractivity contribution is 6.17. The van der Waals surface area contributed by atoms with E-state index in [1.165, 1.54) is 0 Å². The molecule has 5 heteroatoms. The second-order valence-electron chi connectivity index (χ2n) is 16.4. The molecule has 0 N–H and O–H groups in total. The summed E-state index contributed by atoms with van der Waals surface area (Å²) < 4.78 is 13.1. The number of aromatic nitrogens is 3. The van der Waals surface area contributed by atoms with Crippen LogP contribution in [-0.2, 0) is 0 Å². The number of nitrogens with zero attached hydrogens (tertiary/aromatic N) is 3. The molecule has 9 aromatic carbocycles. The summed E-state index contributed by atoms with van der Waals surface area (Å²) in [6.07, 6.45) is 3.68. The second-order valence-corrected chi connectivity index (χ2v) is 16.4. The molecule has 0 unspecified atom stereocenters. The van der Waals surface area contributed by atoms with Crippen LogP contribution in [0.5, 0.6) is 0 Å². The van der Waals surface area contributed by atoms with Crippen molar-refractivity contribution in [3.63, 3.8) is 0 Å². The summed E-state index contributed by atoms with van der Waals surface area (Å²) in [6.45, 7) is 0. The van der Waals surface area contributed by atoms with Crippen molar-refractivity contribution >= 4 is 65.4 Å². The van der Waals surface area contributed by atoms with Crippen molar-refractivity contribution in [2.75, 3.05) is 0 Å². The number of furan rings is 2. The molecule has 0 radical (unpaired) electrons. The van der Waals surface area contributed by atoms with E-state index in [-0.39, 0.29) is 0 Å². The van der Waals surface area contributed by atoms with Crippen LogP contribution in [0, 0.1) is 0 Å². The van der Waals surface area contributed by atoms with Crippen molar-refractivity contribution in [1.29, 1.82) is 0 Å². The number of pyridine rings is 1. The Balaban J connectivity index is 1.03. The van der Waals surface area contributed by atoms with Crippen LogP contribution in [0.3, 0.4) is 0 Å². The predicted molar refractivity (Wildman–Crippen MR) is 262 cm³/mol. The van der Waals surface area contributed by atoms with Crippen molar-refractivity contribution in [1.82, 2.24) is 15.0 Å². The molecule has 0 saturated heterocycles. The molecule has 64 heavy (non-hydrogen) atoms. The molecule has 13 rings (SSSR count). The zero-order chi connectivity index (χ0) is 42.1. The average molecular weight is 818 g/mol. The van der Waals surface area contributed by atoms with Gasteiger partial charge in [-0.2, -0.15) is 0 Å². The molecular weight excluding hydrogens is 783 g/mol. The van der Waals surface area contributed by atoms with E-state index in [4.69, 9.17) is 18.8 Å². The third-order valence-corrected chi connectivity index (χ3v) is 12.5. The lowest BCUT2D eigenvalue weighted by Gasteiger charge is -2.14. The first-order chi connectivity index (χ1) is 31.7. The van der Waals surface area contributed by atoms with Crippen molar-refractivity contribution in [2.24, 2.45) is 0 Å². The first-order valence-electron chi connectivity index (χ1n) is 21.5. The van der Waals surface area contributed by atoms with Gasteiger partial charge in [0.1, 0.15) is 22.3 Å².